The summed E-state index contributed by atoms with van der Waals surface area (Å²) in [6.07, 6.45) is 0. The third-order valence-corrected chi connectivity index (χ3v) is 3.15. The average Bonchev–Trinajstić information content (AvgIpc) is 2.55. The second kappa shape index (κ2) is 8.05. The molecule has 2 N–H and O–H groups in total. The molecular formula is C17H17FN2O3. The highest BCUT2D eigenvalue weighted by molar-refractivity contribution is 6.39. The van der Waals surface area contributed by atoms with E-state index in [-0.39, 0.29) is 25.4 Å². The molecule has 0 fully saturated rings. The van der Waals surface area contributed by atoms with Crippen molar-refractivity contribution in [3.8, 4) is 0 Å². The molecule has 23 heavy (non-hydrogen) atoms. The molecule has 2 aromatic rings. The van der Waals surface area contributed by atoms with E-state index in [4.69, 9.17) is 5.11 Å². The largest absolute Gasteiger partial charge is 0.395 e. The Morgan fingerprint density at radius 3 is 2.48 bits per heavy atom. The van der Waals surface area contributed by atoms with Crippen LogP contribution in [0.15, 0.2) is 54.6 Å². The third kappa shape index (κ3) is 4.89. The van der Waals surface area contributed by atoms with Gasteiger partial charge in [0.1, 0.15) is 5.82 Å². The Hall–Kier alpha value is -2.73. The second-order valence-electron chi connectivity index (χ2n) is 4.90. The Morgan fingerprint density at radius 1 is 1.09 bits per heavy atom. The maximum atomic E-state index is 13.1. The number of nitrogens with one attached hydrogen (secondary N) is 1. The summed E-state index contributed by atoms with van der Waals surface area (Å²) in [6.45, 7) is -0.0209. The predicted octanol–water partition coefficient (Wildman–Crippen LogP) is 1.79. The minimum atomic E-state index is -0.875. The Bertz CT molecular complexity index is 677. The Morgan fingerprint density at radius 2 is 1.83 bits per heavy atom. The quantitative estimate of drug-likeness (QED) is 0.826. The van der Waals surface area contributed by atoms with Crippen LogP contribution >= 0.6 is 0 Å². The van der Waals surface area contributed by atoms with Gasteiger partial charge in [-0.1, -0.05) is 36.4 Å². The van der Waals surface area contributed by atoms with Gasteiger partial charge in [0.05, 0.1) is 6.61 Å². The maximum Gasteiger partial charge on any atom is 0.313 e. The first-order valence-corrected chi connectivity index (χ1v) is 7.11. The number of amides is 2. The van der Waals surface area contributed by atoms with Gasteiger partial charge in [-0.05, 0) is 23.8 Å². The summed E-state index contributed by atoms with van der Waals surface area (Å²) in [5.74, 6) is -2.17. The van der Waals surface area contributed by atoms with Gasteiger partial charge in [0.25, 0.3) is 0 Å². The van der Waals surface area contributed by atoms with Crippen molar-refractivity contribution in [1.82, 2.24) is 4.90 Å². The number of hydrogen-bond acceptors (Lipinski definition) is 3. The number of carbonyl (C=O) groups excluding carboxylic acids is 2. The van der Waals surface area contributed by atoms with Crippen molar-refractivity contribution in [2.45, 2.75) is 6.54 Å². The minimum absolute atomic E-state index is 0.0320. The standard InChI is InChI=1S/C17H17FN2O3/c18-14-7-4-8-15(11-14)19-16(22)17(23)20(9-10-21)12-13-5-2-1-3-6-13/h1-8,11,21H,9-10,12H2,(H,19,22). The van der Waals surface area contributed by atoms with Crippen molar-refractivity contribution in [1.29, 1.82) is 0 Å². The highest BCUT2D eigenvalue weighted by atomic mass is 19.1. The zero-order valence-corrected chi connectivity index (χ0v) is 12.4. The van der Waals surface area contributed by atoms with Crippen LogP contribution in [-0.2, 0) is 16.1 Å². The molecule has 0 unspecified atom stereocenters. The molecule has 0 aliphatic rings. The van der Waals surface area contributed by atoms with E-state index in [0.29, 0.717) is 0 Å². The molecule has 0 saturated carbocycles. The first-order valence-electron chi connectivity index (χ1n) is 7.11. The normalized spacial score (nSPS) is 10.2. The van der Waals surface area contributed by atoms with Gasteiger partial charge in [-0.15, -0.1) is 0 Å². The van der Waals surface area contributed by atoms with E-state index in [1.54, 1.807) is 0 Å². The van der Waals surface area contributed by atoms with Crippen molar-refractivity contribution in [2.75, 3.05) is 18.5 Å². The molecule has 2 aromatic carbocycles. The SMILES string of the molecule is O=C(Nc1cccc(F)c1)C(=O)N(CCO)Cc1ccccc1. The van der Waals surface area contributed by atoms with Crippen LogP contribution in [0.1, 0.15) is 5.56 Å². The van der Waals surface area contributed by atoms with Crippen LogP contribution in [0.2, 0.25) is 0 Å². The van der Waals surface area contributed by atoms with Crippen molar-refractivity contribution < 1.29 is 19.1 Å². The number of hydrogen-bond donors (Lipinski definition) is 2. The third-order valence-electron chi connectivity index (χ3n) is 3.15. The van der Waals surface area contributed by atoms with Gasteiger partial charge in [0.15, 0.2) is 0 Å². The summed E-state index contributed by atoms with van der Waals surface area (Å²) in [5, 5.41) is 11.5. The topological polar surface area (TPSA) is 69.6 Å². The summed E-state index contributed by atoms with van der Waals surface area (Å²) < 4.78 is 13.1. The molecule has 0 bridgehead atoms. The molecule has 2 rings (SSSR count). The van der Waals surface area contributed by atoms with Gasteiger partial charge in [-0.25, -0.2) is 4.39 Å². The van der Waals surface area contributed by atoms with E-state index < -0.39 is 17.6 Å². The Kier molecular flexibility index (Phi) is 5.82. The minimum Gasteiger partial charge on any atom is -0.395 e. The molecule has 0 spiro atoms. The van der Waals surface area contributed by atoms with E-state index in [2.05, 4.69) is 5.32 Å². The highest BCUT2D eigenvalue weighted by Gasteiger charge is 2.21. The molecular weight excluding hydrogens is 299 g/mol. The average molecular weight is 316 g/mol. The molecule has 120 valence electrons. The van der Waals surface area contributed by atoms with E-state index in [0.717, 1.165) is 11.6 Å². The van der Waals surface area contributed by atoms with Crippen LogP contribution in [0.3, 0.4) is 0 Å². The van der Waals surface area contributed by atoms with Gasteiger partial charge in [-0.2, -0.15) is 0 Å². The number of rotatable bonds is 5. The lowest BCUT2D eigenvalue weighted by atomic mass is 10.2. The molecule has 6 heteroatoms. The van der Waals surface area contributed by atoms with Crippen molar-refractivity contribution >= 4 is 17.5 Å². The first-order chi connectivity index (χ1) is 11.1. The predicted molar refractivity (Wildman–Crippen MR) is 84.0 cm³/mol. The molecule has 0 radical (unpaired) electrons. The van der Waals surface area contributed by atoms with E-state index >= 15 is 0 Å². The number of nitrogens with zero attached hydrogens (tertiary/aromatic N) is 1. The van der Waals surface area contributed by atoms with Gasteiger partial charge in [0.2, 0.25) is 0 Å². The molecule has 0 aromatic heterocycles. The lowest BCUT2D eigenvalue weighted by Gasteiger charge is -2.21. The zero-order chi connectivity index (χ0) is 16.7. The van der Waals surface area contributed by atoms with Crippen LogP contribution in [0.25, 0.3) is 0 Å². The van der Waals surface area contributed by atoms with Crippen LogP contribution < -0.4 is 5.32 Å². The summed E-state index contributed by atoms with van der Waals surface area (Å²) in [4.78, 5) is 25.5. The zero-order valence-electron chi connectivity index (χ0n) is 12.4. The van der Waals surface area contributed by atoms with Crippen molar-refractivity contribution in [2.24, 2.45) is 0 Å². The number of anilines is 1. The summed E-state index contributed by atoms with van der Waals surface area (Å²) in [6, 6.07) is 14.4. The molecule has 0 aliphatic heterocycles. The summed E-state index contributed by atoms with van der Waals surface area (Å²) in [7, 11) is 0. The van der Waals surface area contributed by atoms with Gasteiger partial charge in [-0.3, -0.25) is 9.59 Å². The van der Waals surface area contributed by atoms with Gasteiger partial charge >= 0.3 is 11.8 Å². The molecule has 0 aliphatic carbocycles. The lowest BCUT2D eigenvalue weighted by Crippen LogP contribution is -2.40. The molecule has 0 heterocycles. The highest BCUT2D eigenvalue weighted by Crippen LogP contribution is 2.10. The fraction of sp³-hybridized carbons (Fsp3) is 0.176. The molecule has 5 nitrogen and oxygen atoms in total. The monoisotopic (exact) mass is 316 g/mol. The van der Waals surface area contributed by atoms with E-state index in [1.165, 1.54) is 23.1 Å². The van der Waals surface area contributed by atoms with Crippen LogP contribution in [0.5, 0.6) is 0 Å². The molecule has 2 amide bonds. The molecule has 0 saturated heterocycles. The van der Waals surface area contributed by atoms with E-state index in [9.17, 15) is 14.0 Å². The summed E-state index contributed by atoms with van der Waals surface area (Å²) in [5.41, 5.74) is 1.04. The van der Waals surface area contributed by atoms with E-state index in [1.807, 2.05) is 30.3 Å². The fourth-order valence-corrected chi connectivity index (χ4v) is 2.07. The smallest absolute Gasteiger partial charge is 0.313 e. The van der Waals surface area contributed by atoms with Crippen LogP contribution in [0.4, 0.5) is 10.1 Å². The van der Waals surface area contributed by atoms with Gasteiger partial charge in [0, 0.05) is 18.8 Å². The Balaban J connectivity index is 2.06. The lowest BCUT2D eigenvalue weighted by molar-refractivity contribution is -0.143. The van der Waals surface area contributed by atoms with Crippen LogP contribution in [0, 0.1) is 5.82 Å². The number of benzene rings is 2. The number of aliphatic hydroxyl groups excluding tert-OH is 1. The maximum absolute atomic E-state index is 13.1. The number of halogens is 1. The number of aliphatic hydroxyl groups is 1. The fourth-order valence-electron chi connectivity index (χ4n) is 2.07. The summed E-state index contributed by atoms with van der Waals surface area (Å²) >= 11 is 0. The first kappa shape index (κ1) is 16.6. The molecule has 0 atom stereocenters. The van der Waals surface area contributed by atoms with Gasteiger partial charge < -0.3 is 15.3 Å². The number of carbonyl (C=O) groups is 2. The van der Waals surface area contributed by atoms with Crippen LogP contribution in [-0.4, -0.2) is 35.0 Å². The second-order valence-corrected chi connectivity index (χ2v) is 4.90. The Labute approximate surface area is 133 Å². The van der Waals surface area contributed by atoms with Crippen molar-refractivity contribution in [3.63, 3.8) is 0 Å². The van der Waals surface area contributed by atoms with Crippen molar-refractivity contribution in [3.05, 3.63) is 66.0 Å².